The molecule has 150 valence electrons. The molecule has 29 heavy (non-hydrogen) atoms. The Hall–Kier alpha value is -2.71. The van der Waals surface area contributed by atoms with Gasteiger partial charge in [0.1, 0.15) is 17.6 Å². The number of allylic oxidation sites excluding steroid dienone is 1. The van der Waals surface area contributed by atoms with Crippen molar-refractivity contribution in [3.8, 4) is 0 Å². The van der Waals surface area contributed by atoms with Crippen molar-refractivity contribution in [3.05, 3.63) is 77.0 Å². The number of aryl methyl sites for hydroxylation is 1. The van der Waals surface area contributed by atoms with Gasteiger partial charge in [-0.1, -0.05) is 17.4 Å². The van der Waals surface area contributed by atoms with Crippen LogP contribution in [0.25, 0.3) is 6.08 Å². The van der Waals surface area contributed by atoms with E-state index in [0.29, 0.717) is 26.4 Å². The highest BCUT2D eigenvalue weighted by Crippen LogP contribution is 2.33. The second-order valence-corrected chi connectivity index (χ2v) is 8.99. The lowest BCUT2D eigenvalue weighted by Crippen LogP contribution is -2.39. The molecule has 0 saturated heterocycles. The van der Waals surface area contributed by atoms with Gasteiger partial charge in [-0.05, 0) is 51.3 Å². The maximum absolute atomic E-state index is 13.3. The largest absolute Gasteiger partial charge is 0.462 e. The zero-order chi connectivity index (χ0) is 20.7. The molecule has 0 saturated carbocycles. The fourth-order valence-corrected chi connectivity index (χ4v) is 5.09. The first-order valence-electron chi connectivity index (χ1n) is 9.18. The summed E-state index contributed by atoms with van der Waals surface area (Å²) in [6.07, 6.45) is 1.45. The van der Waals surface area contributed by atoms with Gasteiger partial charge in [0.15, 0.2) is 4.80 Å². The number of ether oxygens (including phenoxy) is 1. The SMILES string of the molecule is CC1=C(C(=O)OC(C)C)[C@H](c2cccs2)n2c(s/c(=C/c3ccc(C)o3)c2=O)=N1. The molecule has 4 rings (SSSR count). The number of fused-ring (bicyclic) bond motifs is 1. The Morgan fingerprint density at radius 1 is 1.31 bits per heavy atom. The third kappa shape index (κ3) is 3.65. The van der Waals surface area contributed by atoms with E-state index in [0.717, 1.165) is 10.6 Å². The van der Waals surface area contributed by atoms with Crippen molar-refractivity contribution in [2.24, 2.45) is 4.99 Å². The Bertz CT molecular complexity index is 1270. The van der Waals surface area contributed by atoms with Crippen LogP contribution in [0, 0.1) is 6.92 Å². The van der Waals surface area contributed by atoms with Crippen molar-refractivity contribution in [1.29, 1.82) is 0 Å². The molecule has 1 atom stereocenters. The molecule has 0 fully saturated rings. The normalized spacial score (nSPS) is 16.9. The average molecular weight is 429 g/mol. The number of hydrogen-bond acceptors (Lipinski definition) is 7. The zero-order valence-electron chi connectivity index (χ0n) is 16.5. The number of aromatic nitrogens is 1. The number of carbonyl (C=O) groups is 1. The second kappa shape index (κ2) is 7.61. The van der Waals surface area contributed by atoms with Crippen LogP contribution in [0.3, 0.4) is 0 Å². The number of nitrogens with zero attached hydrogens (tertiary/aromatic N) is 2. The van der Waals surface area contributed by atoms with Gasteiger partial charge in [-0.2, -0.15) is 0 Å². The lowest BCUT2D eigenvalue weighted by atomic mass is 10.0. The lowest BCUT2D eigenvalue weighted by molar-refractivity contribution is -0.143. The molecule has 3 aromatic heterocycles. The Labute approximate surface area is 175 Å². The minimum atomic E-state index is -0.557. The highest BCUT2D eigenvalue weighted by Gasteiger charge is 2.34. The summed E-state index contributed by atoms with van der Waals surface area (Å²) in [4.78, 5) is 32.2. The van der Waals surface area contributed by atoms with Crippen LogP contribution in [0.15, 0.2) is 55.1 Å². The number of thiazole rings is 1. The van der Waals surface area contributed by atoms with Gasteiger partial charge in [-0.3, -0.25) is 9.36 Å². The summed E-state index contributed by atoms with van der Waals surface area (Å²) >= 11 is 2.78. The van der Waals surface area contributed by atoms with Crippen molar-refractivity contribution >= 4 is 34.7 Å². The van der Waals surface area contributed by atoms with Crippen LogP contribution in [0.4, 0.5) is 0 Å². The molecule has 0 radical (unpaired) electrons. The number of esters is 1. The van der Waals surface area contributed by atoms with E-state index in [1.807, 2.05) is 36.6 Å². The van der Waals surface area contributed by atoms with Crippen molar-refractivity contribution in [3.63, 3.8) is 0 Å². The molecule has 0 aliphatic carbocycles. The summed E-state index contributed by atoms with van der Waals surface area (Å²) in [5.74, 6) is 0.932. The molecule has 0 aromatic carbocycles. The monoisotopic (exact) mass is 428 g/mol. The second-order valence-electron chi connectivity index (χ2n) is 7.00. The van der Waals surface area contributed by atoms with Gasteiger partial charge >= 0.3 is 5.97 Å². The molecule has 3 aromatic rings. The van der Waals surface area contributed by atoms with Crippen LogP contribution in [-0.4, -0.2) is 16.6 Å². The quantitative estimate of drug-likeness (QED) is 0.599. The van der Waals surface area contributed by atoms with E-state index in [4.69, 9.17) is 9.15 Å². The maximum Gasteiger partial charge on any atom is 0.338 e. The van der Waals surface area contributed by atoms with E-state index in [1.54, 1.807) is 31.4 Å². The van der Waals surface area contributed by atoms with Gasteiger partial charge in [0.2, 0.25) is 0 Å². The van der Waals surface area contributed by atoms with Crippen molar-refractivity contribution in [2.75, 3.05) is 0 Å². The standard InChI is InChI=1S/C21H20N2O4S2/c1-11(2)26-20(25)17-13(4)22-21-23(18(17)15-6-5-9-28-15)19(24)16(29-21)10-14-8-7-12(3)27-14/h5-11,18H,1-4H3/b16-10+/t18-/m0/s1. The predicted molar refractivity (Wildman–Crippen MR) is 113 cm³/mol. The Kier molecular flexibility index (Phi) is 5.14. The Balaban J connectivity index is 1.93. The first-order chi connectivity index (χ1) is 13.8. The van der Waals surface area contributed by atoms with Gasteiger partial charge in [-0.15, -0.1) is 11.3 Å². The minimum Gasteiger partial charge on any atom is -0.462 e. The predicted octanol–water partition coefficient (Wildman–Crippen LogP) is 3.15. The summed E-state index contributed by atoms with van der Waals surface area (Å²) in [6.45, 7) is 7.24. The van der Waals surface area contributed by atoms with E-state index in [9.17, 15) is 9.59 Å². The summed E-state index contributed by atoms with van der Waals surface area (Å²) in [5, 5.41) is 1.93. The van der Waals surface area contributed by atoms with Crippen LogP contribution in [0.1, 0.15) is 43.2 Å². The van der Waals surface area contributed by atoms with Crippen LogP contribution in [0.2, 0.25) is 0 Å². The van der Waals surface area contributed by atoms with E-state index in [-0.39, 0.29) is 11.7 Å². The summed E-state index contributed by atoms with van der Waals surface area (Å²) < 4.78 is 13.1. The number of rotatable bonds is 4. The average Bonchev–Trinajstić information content (AvgIpc) is 3.36. The molecular weight excluding hydrogens is 408 g/mol. The molecule has 8 heteroatoms. The van der Waals surface area contributed by atoms with Crippen LogP contribution >= 0.6 is 22.7 Å². The van der Waals surface area contributed by atoms with Crippen molar-refractivity contribution in [1.82, 2.24) is 4.57 Å². The van der Waals surface area contributed by atoms with Gasteiger partial charge in [-0.25, -0.2) is 9.79 Å². The summed E-state index contributed by atoms with van der Waals surface area (Å²) in [7, 11) is 0. The van der Waals surface area contributed by atoms with Crippen LogP contribution < -0.4 is 14.9 Å². The van der Waals surface area contributed by atoms with Crippen LogP contribution in [0.5, 0.6) is 0 Å². The maximum atomic E-state index is 13.3. The first-order valence-corrected chi connectivity index (χ1v) is 10.9. The highest BCUT2D eigenvalue weighted by molar-refractivity contribution is 7.10. The third-order valence-electron chi connectivity index (χ3n) is 4.43. The Morgan fingerprint density at radius 2 is 2.10 bits per heavy atom. The van der Waals surface area contributed by atoms with Crippen LogP contribution in [-0.2, 0) is 9.53 Å². The molecule has 1 aliphatic rings. The molecule has 0 N–H and O–H groups in total. The van der Waals surface area contributed by atoms with Gasteiger partial charge < -0.3 is 9.15 Å². The Morgan fingerprint density at radius 3 is 2.72 bits per heavy atom. The molecule has 6 nitrogen and oxygen atoms in total. The van der Waals surface area contributed by atoms with Crippen molar-refractivity contribution in [2.45, 2.75) is 39.8 Å². The van der Waals surface area contributed by atoms with Crippen molar-refractivity contribution < 1.29 is 13.9 Å². The molecule has 0 unspecified atom stereocenters. The third-order valence-corrected chi connectivity index (χ3v) is 6.34. The molecule has 0 amide bonds. The van der Waals surface area contributed by atoms with E-state index >= 15 is 0 Å². The zero-order valence-corrected chi connectivity index (χ0v) is 18.1. The topological polar surface area (TPSA) is 73.8 Å². The number of hydrogen-bond donors (Lipinski definition) is 0. The lowest BCUT2D eigenvalue weighted by Gasteiger charge is -2.24. The van der Waals surface area contributed by atoms with E-state index in [2.05, 4.69) is 4.99 Å². The fraction of sp³-hybridized carbons (Fsp3) is 0.286. The number of furan rings is 1. The first kappa shape index (κ1) is 19.6. The number of thiophene rings is 1. The van der Waals surface area contributed by atoms with Gasteiger partial charge in [0, 0.05) is 11.0 Å². The smallest absolute Gasteiger partial charge is 0.338 e. The minimum absolute atomic E-state index is 0.205. The van der Waals surface area contributed by atoms with Gasteiger partial charge in [0.25, 0.3) is 5.56 Å². The van der Waals surface area contributed by atoms with E-state index < -0.39 is 12.0 Å². The molecular formula is C21H20N2O4S2. The van der Waals surface area contributed by atoms with E-state index in [1.165, 1.54) is 22.7 Å². The molecule has 0 bridgehead atoms. The summed E-state index contributed by atoms with van der Waals surface area (Å²) in [5.41, 5.74) is 0.758. The number of carbonyl (C=O) groups excluding carboxylic acids is 1. The fourth-order valence-electron chi connectivity index (χ4n) is 3.24. The van der Waals surface area contributed by atoms with Gasteiger partial charge in [0.05, 0.1) is 21.9 Å². The molecule has 1 aliphatic heterocycles. The summed E-state index contributed by atoms with van der Waals surface area (Å²) in [6, 6.07) is 6.94. The highest BCUT2D eigenvalue weighted by atomic mass is 32.1. The molecule has 4 heterocycles. The molecule has 0 spiro atoms.